The molecule has 2 atom stereocenters. The summed E-state index contributed by atoms with van der Waals surface area (Å²) in [6.45, 7) is 3.33. The Balaban J connectivity index is 2.15. The Morgan fingerprint density at radius 2 is 2.12 bits per heavy atom. The van der Waals surface area contributed by atoms with Gasteiger partial charge in [-0.05, 0) is 25.2 Å². The summed E-state index contributed by atoms with van der Waals surface area (Å²) in [7, 11) is 0. The third kappa shape index (κ3) is 2.67. The Kier molecular flexibility index (Phi) is 4.45. The minimum absolute atomic E-state index is 0.0954. The van der Waals surface area contributed by atoms with Crippen LogP contribution in [0.15, 0.2) is 0 Å². The molecule has 17 heavy (non-hydrogen) atoms. The first-order valence-electron chi connectivity index (χ1n) is 6.56. The monoisotopic (exact) mass is 260 g/mol. The number of halogens is 1. The Labute approximate surface area is 108 Å². The number of ketones is 1. The number of ether oxygens (including phenoxy) is 2. The van der Waals surface area contributed by atoms with E-state index < -0.39 is 5.79 Å². The van der Waals surface area contributed by atoms with Crippen LogP contribution in [0.1, 0.15) is 39.0 Å². The lowest BCUT2D eigenvalue weighted by atomic mass is 9.73. The van der Waals surface area contributed by atoms with E-state index in [0.717, 1.165) is 25.7 Å². The average molecular weight is 261 g/mol. The SMILES string of the molecule is C[C@@H]1CCCC(=O)[C@H]1C1(CCCCl)OCCO1. The van der Waals surface area contributed by atoms with E-state index >= 15 is 0 Å². The average Bonchev–Trinajstić information content (AvgIpc) is 2.76. The van der Waals surface area contributed by atoms with Gasteiger partial charge in [0.1, 0.15) is 5.78 Å². The van der Waals surface area contributed by atoms with E-state index in [0.29, 0.717) is 37.2 Å². The quantitative estimate of drug-likeness (QED) is 0.729. The molecule has 2 rings (SSSR count). The van der Waals surface area contributed by atoms with Crippen LogP contribution in [0.3, 0.4) is 0 Å². The molecule has 1 heterocycles. The van der Waals surface area contributed by atoms with E-state index in [1.54, 1.807) is 0 Å². The fourth-order valence-electron chi connectivity index (χ4n) is 3.18. The lowest BCUT2D eigenvalue weighted by Gasteiger charge is -2.40. The molecule has 0 spiro atoms. The molecule has 2 aliphatic rings. The van der Waals surface area contributed by atoms with Crippen LogP contribution in [0.4, 0.5) is 0 Å². The number of hydrogen-bond acceptors (Lipinski definition) is 3. The predicted octanol–water partition coefficient (Wildman–Crippen LogP) is 2.75. The molecule has 0 bridgehead atoms. The van der Waals surface area contributed by atoms with E-state index in [1.807, 2.05) is 0 Å². The van der Waals surface area contributed by atoms with Gasteiger partial charge < -0.3 is 9.47 Å². The molecule has 1 aliphatic heterocycles. The van der Waals surface area contributed by atoms with Gasteiger partial charge in [0.05, 0.1) is 19.1 Å². The topological polar surface area (TPSA) is 35.5 Å². The summed E-state index contributed by atoms with van der Waals surface area (Å²) in [4.78, 5) is 12.2. The fourth-order valence-corrected chi connectivity index (χ4v) is 3.31. The zero-order valence-electron chi connectivity index (χ0n) is 10.4. The van der Waals surface area contributed by atoms with Crippen LogP contribution in [0, 0.1) is 11.8 Å². The second kappa shape index (κ2) is 5.68. The Hall–Kier alpha value is -0.120. The molecule has 0 N–H and O–H groups in total. The van der Waals surface area contributed by atoms with Crippen molar-refractivity contribution in [2.24, 2.45) is 11.8 Å². The van der Waals surface area contributed by atoms with Crippen LogP contribution in [-0.2, 0) is 14.3 Å². The van der Waals surface area contributed by atoms with E-state index in [1.165, 1.54) is 0 Å². The third-order valence-corrected chi connectivity index (χ3v) is 4.17. The standard InChI is InChI=1S/C13H21ClO3/c1-10-4-2-5-11(15)12(10)13(6-3-7-14)16-8-9-17-13/h10,12H,2-9H2,1H3/t10-,12+/m1/s1. The van der Waals surface area contributed by atoms with Crippen LogP contribution in [0.25, 0.3) is 0 Å². The number of carbonyl (C=O) groups is 1. The van der Waals surface area contributed by atoms with Crippen LogP contribution in [0.2, 0.25) is 0 Å². The summed E-state index contributed by atoms with van der Waals surface area (Å²) in [6, 6.07) is 0. The zero-order chi connectivity index (χ0) is 12.3. The Bertz CT molecular complexity index is 274. The number of rotatable bonds is 4. The van der Waals surface area contributed by atoms with Crippen LogP contribution in [-0.4, -0.2) is 30.7 Å². The van der Waals surface area contributed by atoms with Crippen molar-refractivity contribution in [2.45, 2.75) is 44.8 Å². The van der Waals surface area contributed by atoms with Gasteiger partial charge in [0.25, 0.3) is 0 Å². The number of hydrogen-bond donors (Lipinski definition) is 0. The lowest BCUT2D eigenvalue weighted by molar-refractivity contribution is -0.213. The minimum atomic E-state index is -0.675. The number of carbonyl (C=O) groups excluding carboxylic acids is 1. The lowest BCUT2D eigenvalue weighted by Crippen LogP contribution is -2.48. The molecule has 0 amide bonds. The van der Waals surface area contributed by atoms with Crippen molar-refractivity contribution in [1.29, 1.82) is 0 Å². The van der Waals surface area contributed by atoms with Crippen molar-refractivity contribution >= 4 is 17.4 Å². The highest BCUT2D eigenvalue weighted by molar-refractivity contribution is 6.17. The van der Waals surface area contributed by atoms with E-state index in [4.69, 9.17) is 21.1 Å². The maximum Gasteiger partial charge on any atom is 0.178 e. The molecule has 0 radical (unpaired) electrons. The van der Waals surface area contributed by atoms with Crippen molar-refractivity contribution in [2.75, 3.05) is 19.1 Å². The van der Waals surface area contributed by atoms with E-state index in [-0.39, 0.29) is 5.92 Å². The first-order valence-corrected chi connectivity index (χ1v) is 7.09. The fraction of sp³-hybridized carbons (Fsp3) is 0.923. The van der Waals surface area contributed by atoms with Gasteiger partial charge in [-0.25, -0.2) is 0 Å². The summed E-state index contributed by atoms with van der Waals surface area (Å²) in [5, 5.41) is 0. The second-order valence-corrected chi connectivity index (χ2v) is 5.49. The van der Waals surface area contributed by atoms with Crippen LogP contribution in [0.5, 0.6) is 0 Å². The van der Waals surface area contributed by atoms with Gasteiger partial charge in [-0.1, -0.05) is 6.92 Å². The largest absolute Gasteiger partial charge is 0.347 e. The van der Waals surface area contributed by atoms with Crippen molar-refractivity contribution in [3.05, 3.63) is 0 Å². The molecule has 2 fully saturated rings. The molecule has 4 heteroatoms. The molecular formula is C13H21ClO3. The smallest absolute Gasteiger partial charge is 0.178 e. The maximum atomic E-state index is 12.2. The molecule has 1 aliphatic carbocycles. The van der Waals surface area contributed by atoms with Gasteiger partial charge in [-0.15, -0.1) is 11.6 Å². The van der Waals surface area contributed by atoms with Crippen molar-refractivity contribution in [3.8, 4) is 0 Å². The summed E-state index contributed by atoms with van der Waals surface area (Å²) >= 11 is 5.76. The molecule has 3 nitrogen and oxygen atoms in total. The first-order chi connectivity index (χ1) is 8.19. The summed E-state index contributed by atoms with van der Waals surface area (Å²) < 4.78 is 11.6. The van der Waals surface area contributed by atoms with Gasteiger partial charge in [0, 0.05) is 18.7 Å². The van der Waals surface area contributed by atoms with Gasteiger partial charge in [-0.2, -0.15) is 0 Å². The van der Waals surface area contributed by atoms with Crippen molar-refractivity contribution < 1.29 is 14.3 Å². The minimum Gasteiger partial charge on any atom is -0.347 e. The molecule has 0 aromatic carbocycles. The summed E-state index contributed by atoms with van der Waals surface area (Å²) in [6.07, 6.45) is 4.33. The molecule has 98 valence electrons. The highest BCUT2D eigenvalue weighted by Crippen LogP contribution is 2.42. The molecule has 0 aromatic rings. The first kappa shape index (κ1) is 13.3. The van der Waals surface area contributed by atoms with Crippen LogP contribution >= 0.6 is 11.6 Å². The molecule has 0 aromatic heterocycles. The van der Waals surface area contributed by atoms with Gasteiger partial charge in [0.15, 0.2) is 5.79 Å². The number of alkyl halides is 1. The summed E-state index contributed by atoms with van der Waals surface area (Å²) in [5.74, 6) is 0.474. The normalized spacial score (nSPS) is 32.9. The zero-order valence-corrected chi connectivity index (χ0v) is 11.2. The van der Waals surface area contributed by atoms with Crippen molar-refractivity contribution in [3.63, 3.8) is 0 Å². The van der Waals surface area contributed by atoms with Gasteiger partial charge in [-0.3, -0.25) is 4.79 Å². The molecule has 1 saturated heterocycles. The Morgan fingerprint density at radius 3 is 2.71 bits per heavy atom. The van der Waals surface area contributed by atoms with Crippen LogP contribution < -0.4 is 0 Å². The number of Topliss-reactive ketones (excluding diaryl/α,β-unsaturated/α-hetero) is 1. The predicted molar refractivity (Wildman–Crippen MR) is 66.1 cm³/mol. The highest BCUT2D eigenvalue weighted by atomic mass is 35.5. The highest BCUT2D eigenvalue weighted by Gasteiger charge is 2.50. The maximum absolute atomic E-state index is 12.2. The molecule has 0 unspecified atom stereocenters. The van der Waals surface area contributed by atoms with E-state index in [9.17, 15) is 4.79 Å². The summed E-state index contributed by atoms with van der Waals surface area (Å²) in [5.41, 5.74) is 0. The third-order valence-electron chi connectivity index (χ3n) is 3.91. The van der Waals surface area contributed by atoms with Crippen molar-refractivity contribution in [1.82, 2.24) is 0 Å². The Morgan fingerprint density at radius 1 is 1.41 bits per heavy atom. The molecule has 1 saturated carbocycles. The van der Waals surface area contributed by atoms with Gasteiger partial charge >= 0.3 is 0 Å². The van der Waals surface area contributed by atoms with E-state index in [2.05, 4.69) is 6.92 Å². The second-order valence-electron chi connectivity index (χ2n) is 5.11. The van der Waals surface area contributed by atoms with Gasteiger partial charge in [0.2, 0.25) is 0 Å². The molecular weight excluding hydrogens is 240 g/mol.